The van der Waals surface area contributed by atoms with Gasteiger partial charge >= 0.3 is 0 Å². The minimum atomic E-state index is -0.0207. The van der Waals surface area contributed by atoms with Gasteiger partial charge in [0.2, 0.25) is 5.91 Å². The van der Waals surface area contributed by atoms with E-state index in [0.717, 1.165) is 16.1 Å². The highest BCUT2D eigenvalue weighted by molar-refractivity contribution is 7.15. The van der Waals surface area contributed by atoms with Crippen LogP contribution in [-0.4, -0.2) is 10.9 Å². The number of nitrogens with one attached hydrogen (secondary N) is 1. The van der Waals surface area contributed by atoms with Crippen LogP contribution in [0.4, 0.5) is 5.13 Å². The molecule has 0 aliphatic heterocycles. The number of anilines is 1. The van der Waals surface area contributed by atoms with Crippen LogP contribution < -0.4 is 5.32 Å². The van der Waals surface area contributed by atoms with Gasteiger partial charge in [-0.15, -0.1) is 11.3 Å². The zero-order chi connectivity index (χ0) is 13.1. The highest BCUT2D eigenvalue weighted by Gasteiger charge is 2.08. The van der Waals surface area contributed by atoms with Crippen LogP contribution >= 0.6 is 11.3 Å². The Hall–Kier alpha value is -1.68. The zero-order valence-electron chi connectivity index (χ0n) is 10.8. The van der Waals surface area contributed by atoms with Gasteiger partial charge in [-0.05, 0) is 26.3 Å². The van der Waals surface area contributed by atoms with E-state index in [2.05, 4.69) is 10.3 Å². The summed E-state index contributed by atoms with van der Waals surface area (Å²) >= 11 is 1.51. The number of hydrogen-bond acceptors (Lipinski definition) is 3. The largest absolute Gasteiger partial charge is 0.302 e. The van der Waals surface area contributed by atoms with Crippen LogP contribution in [0.15, 0.2) is 24.3 Å². The third-order valence-electron chi connectivity index (χ3n) is 2.76. The number of thiazole rings is 1. The van der Waals surface area contributed by atoms with E-state index in [1.54, 1.807) is 0 Å². The van der Waals surface area contributed by atoms with Crippen molar-refractivity contribution < 1.29 is 4.79 Å². The maximum atomic E-state index is 11.8. The molecule has 1 amide bonds. The molecule has 0 fully saturated rings. The molecule has 0 atom stereocenters. The van der Waals surface area contributed by atoms with Crippen LogP contribution in [0, 0.1) is 20.8 Å². The van der Waals surface area contributed by atoms with E-state index in [1.165, 1.54) is 16.9 Å². The van der Waals surface area contributed by atoms with Crippen LogP contribution in [0.5, 0.6) is 0 Å². The molecule has 1 heterocycles. The Bertz CT molecular complexity index is 538. The van der Waals surface area contributed by atoms with Gasteiger partial charge < -0.3 is 5.32 Å². The molecule has 1 aromatic carbocycles. The summed E-state index contributed by atoms with van der Waals surface area (Å²) < 4.78 is 0. The second kappa shape index (κ2) is 5.31. The highest BCUT2D eigenvalue weighted by atomic mass is 32.1. The van der Waals surface area contributed by atoms with Gasteiger partial charge in [0, 0.05) is 4.88 Å². The first-order valence-electron chi connectivity index (χ1n) is 5.84. The number of benzene rings is 1. The lowest BCUT2D eigenvalue weighted by atomic mass is 10.1. The minimum Gasteiger partial charge on any atom is -0.302 e. The predicted molar refractivity (Wildman–Crippen MR) is 75.1 cm³/mol. The molecule has 18 heavy (non-hydrogen) atoms. The Morgan fingerprint density at radius 3 is 2.44 bits per heavy atom. The molecule has 1 aromatic heterocycles. The molecule has 0 aliphatic carbocycles. The molecule has 0 spiro atoms. The lowest BCUT2D eigenvalue weighted by molar-refractivity contribution is -0.115. The molecule has 0 saturated heterocycles. The molecule has 4 heteroatoms. The molecule has 2 rings (SSSR count). The van der Waals surface area contributed by atoms with Crippen molar-refractivity contribution in [1.29, 1.82) is 0 Å². The van der Waals surface area contributed by atoms with Crippen molar-refractivity contribution in [3.63, 3.8) is 0 Å². The second-order valence-electron chi connectivity index (χ2n) is 4.37. The molecular formula is C14H16N2OS. The van der Waals surface area contributed by atoms with Crippen molar-refractivity contribution in [1.82, 2.24) is 4.98 Å². The maximum Gasteiger partial charge on any atom is 0.230 e. The molecular weight excluding hydrogens is 244 g/mol. The number of carbonyl (C=O) groups excluding carboxylic acids is 1. The second-order valence-corrected chi connectivity index (χ2v) is 5.57. The Labute approximate surface area is 111 Å². The molecule has 0 aliphatic rings. The van der Waals surface area contributed by atoms with Crippen LogP contribution in [0.1, 0.15) is 21.7 Å². The summed E-state index contributed by atoms with van der Waals surface area (Å²) in [4.78, 5) is 17.3. The molecule has 0 bridgehead atoms. The van der Waals surface area contributed by atoms with E-state index < -0.39 is 0 Å². The van der Waals surface area contributed by atoms with Crippen LogP contribution in [0.2, 0.25) is 0 Å². The first-order chi connectivity index (χ1) is 8.54. The molecule has 2 aromatic rings. The van der Waals surface area contributed by atoms with Crippen molar-refractivity contribution in [3.8, 4) is 0 Å². The Morgan fingerprint density at radius 2 is 1.89 bits per heavy atom. The molecule has 0 unspecified atom stereocenters. The van der Waals surface area contributed by atoms with Gasteiger partial charge in [-0.2, -0.15) is 0 Å². The lowest BCUT2D eigenvalue weighted by Crippen LogP contribution is -2.14. The SMILES string of the molecule is Cc1ccc(CC(=O)Nc2nc(C)c(C)s2)cc1. The fourth-order valence-corrected chi connectivity index (χ4v) is 2.41. The normalized spacial score (nSPS) is 10.4. The Kier molecular flexibility index (Phi) is 3.77. The van der Waals surface area contributed by atoms with Crippen molar-refractivity contribution >= 4 is 22.4 Å². The van der Waals surface area contributed by atoms with E-state index in [1.807, 2.05) is 45.0 Å². The van der Waals surface area contributed by atoms with Crippen molar-refractivity contribution in [2.45, 2.75) is 27.2 Å². The minimum absolute atomic E-state index is 0.0207. The van der Waals surface area contributed by atoms with Gasteiger partial charge in [0.05, 0.1) is 12.1 Å². The number of carbonyl (C=O) groups is 1. The topological polar surface area (TPSA) is 42.0 Å². The van der Waals surface area contributed by atoms with E-state index in [4.69, 9.17) is 0 Å². The van der Waals surface area contributed by atoms with Crippen molar-refractivity contribution in [3.05, 3.63) is 46.0 Å². The quantitative estimate of drug-likeness (QED) is 0.920. The van der Waals surface area contributed by atoms with Gasteiger partial charge in [0.25, 0.3) is 0 Å². The summed E-state index contributed by atoms with van der Waals surface area (Å²) in [7, 11) is 0. The number of nitrogens with zero attached hydrogens (tertiary/aromatic N) is 1. The molecule has 3 nitrogen and oxygen atoms in total. The maximum absolute atomic E-state index is 11.8. The summed E-state index contributed by atoms with van der Waals surface area (Å²) in [6, 6.07) is 7.99. The third-order valence-corrected chi connectivity index (χ3v) is 3.75. The summed E-state index contributed by atoms with van der Waals surface area (Å²) in [5.41, 5.74) is 3.19. The first-order valence-corrected chi connectivity index (χ1v) is 6.65. The monoisotopic (exact) mass is 260 g/mol. The average molecular weight is 260 g/mol. The molecule has 94 valence electrons. The van der Waals surface area contributed by atoms with Crippen LogP contribution in [0.25, 0.3) is 0 Å². The number of aromatic nitrogens is 1. The predicted octanol–water partition coefficient (Wildman–Crippen LogP) is 3.25. The fourth-order valence-electron chi connectivity index (χ4n) is 1.58. The Balaban J connectivity index is 1.98. The van der Waals surface area contributed by atoms with Gasteiger partial charge in [-0.3, -0.25) is 4.79 Å². The van der Waals surface area contributed by atoms with Gasteiger partial charge in [-0.1, -0.05) is 29.8 Å². The van der Waals surface area contributed by atoms with Gasteiger partial charge in [0.15, 0.2) is 5.13 Å². The van der Waals surface area contributed by atoms with Crippen LogP contribution in [-0.2, 0) is 11.2 Å². The van der Waals surface area contributed by atoms with Gasteiger partial charge in [-0.25, -0.2) is 4.98 Å². The molecule has 1 N–H and O–H groups in total. The third kappa shape index (κ3) is 3.17. The van der Waals surface area contributed by atoms with E-state index >= 15 is 0 Å². The standard InChI is InChI=1S/C14H16N2OS/c1-9-4-6-12(7-5-9)8-13(17)16-14-15-10(2)11(3)18-14/h4-7H,8H2,1-3H3,(H,15,16,17). The lowest BCUT2D eigenvalue weighted by Gasteiger charge is -2.02. The molecule has 0 radical (unpaired) electrons. The number of rotatable bonds is 3. The van der Waals surface area contributed by atoms with E-state index in [9.17, 15) is 4.79 Å². The Morgan fingerprint density at radius 1 is 1.22 bits per heavy atom. The summed E-state index contributed by atoms with van der Waals surface area (Å²) in [6.45, 7) is 5.98. The summed E-state index contributed by atoms with van der Waals surface area (Å²) in [6.07, 6.45) is 0.387. The summed E-state index contributed by atoms with van der Waals surface area (Å²) in [5.74, 6) is -0.0207. The highest BCUT2D eigenvalue weighted by Crippen LogP contribution is 2.21. The van der Waals surface area contributed by atoms with E-state index in [-0.39, 0.29) is 5.91 Å². The smallest absolute Gasteiger partial charge is 0.230 e. The van der Waals surface area contributed by atoms with Crippen molar-refractivity contribution in [2.24, 2.45) is 0 Å². The molecule has 0 saturated carbocycles. The fraction of sp³-hybridized carbons (Fsp3) is 0.286. The van der Waals surface area contributed by atoms with Crippen LogP contribution in [0.3, 0.4) is 0 Å². The number of amides is 1. The average Bonchev–Trinajstić information content (AvgIpc) is 2.61. The first kappa shape index (κ1) is 12.8. The van der Waals surface area contributed by atoms with E-state index in [0.29, 0.717) is 11.6 Å². The number of aryl methyl sites for hydroxylation is 3. The number of hydrogen-bond donors (Lipinski definition) is 1. The zero-order valence-corrected chi connectivity index (χ0v) is 11.6. The van der Waals surface area contributed by atoms with Gasteiger partial charge in [0.1, 0.15) is 0 Å². The summed E-state index contributed by atoms with van der Waals surface area (Å²) in [5, 5.41) is 3.52. The van der Waals surface area contributed by atoms with Crippen molar-refractivity contribution in [2.75, 3.05) is 5.32 Å².